The molecular formula is C4H2N2Se. The molecule has 0 N–H and O–H groups in total. The van der Waals surface area contributed by atoms with Crippen molar-refractivity contribution < 1.29 is 0 Å². The van der Waals surface area contributed by atoms with Crippen LogP contribution in [0.5, 0.6) is 0 Å². The van der Waals surface area contributed by atoms with Gasteiger partial charge in [0.1, 0.15) is 0 Å². The second kappa shape index (κ2) is 1.92. The summed E-state index contributed by atoms with van der Waals surface area (Å²) in [6, 6.07) is 1.98. The first kappa shape index (κ1) is 4.58. The van der Waals surface area contributed by atoms with E-state index in [4.69, 9.17) is 5.26 Å². The van der Waals surface area contributed by atoms with E-state index in [1.807, 2.05) is 11.0 Å². The Morgan fingerprint density at radius 2 is 2.71 bits per heavy atom. The van der Waals surface area contributed by atoms with Gasteiger partial charge in [0.2, 0.25) is 0 Å². The van der Waals surface area contributed by atoms with Crippen molar-refractivity contribution in [1.29, 1.82) is 5.26 Å². The van der Waals surface area contributed by atoms with Crippen LogP contribution in [-0.2, 0) is 0 Å². The second-order valence-corrected chi connectivity index (χ2v) is 2.83. The fraction of sp³-hybridized carbons (Fsp3) is 0. The molecule has 0 aromatic carbocycles. The van der Waals surface area contributed by atoms with Crippen LogP contribution in [0.4, 0.5) is 0 Å². The summed E-state index contributed by atoms with van der Waals surface area (Å²) in [5.74, 6) is 0. The van der Waals surface area contributed by atoms with Crippen LogP contribution in [0.25, 0.3) is 0 Å². The summed E-state index contributed by atoms with van der Waals surface area (Å²) in [7, 11) is 0. The monoisotopic (exact) mass is 158 g/mol. The van der Waals surface area contributed by atoms with E-state index in [0.29, 0.717) is 4.57 Å². The third-order valence-corrected chi connectivity index (χ3v) is 1.95. The zero-order chi connectivity index (χ0) is 5.11. The topological polar surface area (TPSA) is 36.7 Å². The Bertz CT molecular complexity index is 172. The van der Waals surface area contributed by atoms with Crippen molar-refractivity contribution in [3.05, 3.63) is 15.7 Å². The van der Waals surface area contributed by atoms with Crippen molar-refractivity contribution >= 4 is 14.5 Å². The molecule has 34 valence electrons. The fourth-order valence-electron chi connectivity index (χ4n) is 0.279. The third-order valence-electron chi connectivity index (χ3n) is 0.528. The van der Waals surface area contributed by atoms with Crippen LogP contribution in [0.2, 0.25) is 0 Å². The van der Waals surface area contributed by atoms with Gasteiger partial charge in [0.25, 0.3) is 0 Å². The molecule has 2 nitrogen and oxygen atoms in total. The standard InChI is InChI=1S/C4H2N2Se/c5-3-4-6-1-2-7-4/h1-2H. The van der Waals surface area contributed by atoms with Gasteiger partial charge in [-0.2, -0.15) is 0 Å². The third kappa shape index (κ3) is 0.894. The number of nitrogens with zero attached hydrogens (tertiary/aromatic N) is 2. The molecule has 1 heterocycles. The minimum absolute atomic E-state index is 0.245. The Morgan fingerprint density at radius 1 is 1.86 bits per heavy atom. The van der Waals surface area contributed by atoms with E-state index in [-0.39, 0.29) is 14.5 Å². The van der Waals surface area contributed by atoms with Crippen LogP contribution < -0.4 is 0 Å². The Hall–Kier alpha value is -0.581. The van der Waals surface area contributed by atoms with Crippen LogP contribution >= 0.6 is 0 Å². The molecule has 0 atom stereocenters. The van der Waals surface area contributed by atoms with Crippen LogP contribution in [0.3, 0.4) is 0 Å². The molecule has 0 aliphatic heterocycles. The molecule has 0 spiro atoms. The average Bonchev–Trinajstić information content (AvgIpc) is 2.14. The van der Waals surface area contributed by atoms with E-state index in [1.54, 1.807) is 6.20 Å². The zero-order valence-electron chi connectivity index (χ0n) is 3.46. The Morgan fingerprint density at radius 3 is 3.00 bits per heavy atom. The molecule has 0 bridgehead atoms. The number of hydrogen-bond acceptors (Lipinski definition) is 2. The molecule has 7 heavy (non-hydrogen) atoms. The van der Waals surface area contributed by atoms with E-state index in [1.165, 1.54) is 0 Å². The van der Waals surface area contributed by atoms with Gasteiger partial charge in [0.05, 0.1) is 0 Å². The minimum atomic E-state index is 0.245. The predicted molar refractivity (Wildman–Crippen MR) is 25.9 cm³/mol. The number of rotatable bonds is 0. The Labute approximate surface area is 47.2 Å². The molecule has 1 aromatic heterocycles. The Kier molecular flexibility index (Phi) is 1.26. The SMILES string of the molecule is N#Cc1ncc[se]1. The Balaban J connectivity index is 3.04. The summed E-state index contributed by atoms with van der Waals surface area (Å²) >= 11 is 0.245. The van der Waals surface area contributed by atoms with Crippen molar-refractivity contribution in [1.82, 2.24) is 4.98 Å². The van der Waals surface area contributed by atoms with Gasteiger partial charge in [-0.05, 0) is 0 Å². The van der Waals surface area contributed by atoms with Gasteiger partial charge in [-0.3, -0.25) is 0 Å². The van der Waals surface area contributed by atoms with E-state index in [9.17, 15) is 0 Å². The molecular weight excluding hydrogens is 155 g/mol. The van der Waals surface area contributed by atoms with Crippen molar-refractivity contribution in [2.24, 2.45) is 0 Å². The summed E-state index contributed by atoms with van der Waals surface area (Å²) in [4.78, 5) is 5.68. The van der Waals surface area contributed by atoms with Gasteiger partial charge < -0.3 is 0 Å². The number of aromatic nitrogens is 1. The van der Waals surface area contributed by atoms with Gasteiger partial charge in [0.15, 0.2) is 0 Å². The van der Waals surface area contributed by atoms with E-state index in [0.717, 1.165) is 0 Å². The average molecular weight is 157 g/mol. The zero-order valence-corrected chi connectivity index (χ0v) is 5.17. The van der Waals surface area contributed by atoms with Crippen molar-refractivity contribution in [3.8, 4) is 6.07 Å². The quantitative estimate of drug-likeness (QED) is 0.497. The molecule has 0 saturated heterocycles. The maximum atomic E-state index is 8.16. The fourth-order valence-corrected chi connectivity index (χ4v) is 1.17. The maximum absolute atomic E-state index is 8.16. The van der Waals surface area contributed by atoms with Gasteiger partial charge in [0, 0.05) is 0 Å². The molecule has 0 aliphatic carbocycles. The van der Waals surface area contributed by atoms with Crippen LogP contribution in [-0.4, -0.2) is 19.5 Å². The van der Waals surface area contributed by atoms with Crippen LogP contribution in [0.1, 0.15) is 4.57 Å². The molecule has 0 fully saturated rings. The van der Waals surface area contributed by atoms with Gasteiger partial charge in [-0.1, -0.05) is 0 Å². The van der Waals surface area contributed by atoms with Crippen molar-refractivity contribution in [2.45, 2.75) is 0 Å². The molecule has 1 rings (SSSR count). The van der Waals surface area contributed by atoms with Crippen LogP contribution in [0, 0.1) is 11.3 Å². The summed E-state index contributed by atoms with van der Waals surface area (Å²) in [6.07, 6.45) is 1.68. The number of hydrogen-bond donors (Lipinski definition) is 0. The summed E-state index contributed by atoms with van der Waals surface area (Å²) in [5, 5.41) is 8.16. The molecule has 1 aromatic rings. The van der Waals surface area contributed by atoms with Gasteiger partial charge in [-0.25, -0.2) is 0 Å². The predicted octanol–water partition coefficient (Wildman–Crippen LogP) is 0.0103. The molecule has 0 amide bonds. The van der Waals surface area contributed by atoms with Gasteiger partial charge in [-0.15, -0.1) is 0 Å². The van der Waals surface area contributed by atoms with Crippen LogP contribution in [0.15, 0.2) is 11.1 Å². The first-order valence-electron chi connectivity index (χ1n) is 1.73. The van der Waals surface area contributed by atoms with E-state index >= 15 is 0 Å². The van der Waals surface area contributed by atoms with Crippen molar-refractivity contribution in [2.75, 3.05) is 0 Å². The van der Waals surface area contributed by atoms with E-state index < -0.39 is 0 Å². The first-order chi connectivity index (χ1) is 3.43. The van der Waals surface area contributed by atoms with Crippen molar-refractivity contribution in [3.63, 3.8) is 0 Å². The molecule has 0 aliphatic rings. The second-order valence-electron chi connectivity index (χ2n) is 0.949. The molecule has 3 heteroatoms. The molecule has 0 radical (unpaired) electrons. The summed E-state index contributed by atoms with van der Waals surface area (Å²) in [5.41, 5.74) is 0. The van der Waals surface area contributed by atoms with E-state index in [2.05, 4.69) is 4.98 Å². The summed E-state index contributed by atoms with van der Waals surface area (Å²) in [6.45, 7) is 0. The first-order valence-corrected chi connectivity index (χ1v) is 3.57. The molecule has 0 saturated carbocycles. The molecule has 0 unspecified atom stereocenters. The van der Waals surface area contributed by atoms with Gasteiger partial charge >= 0.3 is 46.5 Å². The summed E-state index contributed by atoms with van der Waals surface area (Å²) < 4.78 is 0.674. The number of nitriles is 1. The normalized spacial score (nSPS) is 7.86.